The summed E-state index contributed by atoms with van der Waals surface area (Å²) in [5, 5.41) is 0. The van der Waals surface area contributed by atoms with Crippen molar-refractivity contribution in [3.63, 3.8) is 0 Å². The van der Waals surface area contributed by atoms with Crippen molar-refractivity contribution in [1.29, 1.82) is 0 Å². The third-order valence-corrected chi connectivity index (χ3v) is 3.26. The highest BCUT2D eigenvalue weighted by Gasteiger charge is 2.01. The molecule has 0 aromatic heterocycles. The quantitative estimate of drug-likeness (QED) is 0.276. The van der Waals surface area contributed by atoms with Gasteiger partial charge >= 0.3 is 0 Å². The van der Waals surface area contributed by atoms with Crippen molar-refractivity contribution >= 4 is 0 Å². The molecule has 0 heterocycles. The van der Waals surface area contributed by atoms with Crippen molar-refractivity contribution in [3.8, 4) is 0 Å². The van der Waals surface area contributed by atoms with E-state index in [0.29, 0.717) is 5.41 Å². The highest BCUT2D eigenvalue weighted by molar-refractivity contribution is 4.94. The topological polar surface area (TPSA) is 0 Å². The molecule has 0 nitrogen and oxygen atoms in total. The molecule has 0 heteroatoms. The van der Waals surface area contributed by atoms with Crippen LogP contribution in [0.1, 0.15) is 91.9 Å². The minimum absolute atomic E-state index is 0.335. The van der Waals surface area contributed by atoms with Crippen molar-refractivity contribution in [1.82, 2.24) is 0 Å². The van der Waals surface area contributed by atoms with Gasteiger partial charge in [0.25, 0.3) is 0 Å². The highest BCUT2D eigenvalue weighted by atomic mass is 14.1. The van der Waals surface area contributed by atoms with E-state index in [4.69, 9.17) is 0 Å². The molecule has 0 saturated heterocycles. The molecule has 0 atom stereocenters. The van der Waals surface area contributed by atoms with E-state index in [1.165, 1.54) is 64.2 Å². The molecule has 0 bridgehead atoms. The standard InChI is InChI=1S/C19H36/c1-5-6-7-8-9-10-11-12-13-14-15-16-17-18-19(2,3)4/h13-14,17-18H,5-12,15-16H2,1-4H3/b14-13-,18-17+. The number of hydrogen-bond acceptors (Lipinski definition) is 0. The van der Waals surface area contributed by atoms with Crippen molar-refractivity contribution in [2.45, 2.75) is 91.9 Å². The van der Waals surface area contributed by atoms with Crippen LogP contribution in [-0.2, 0) is 0 Å². The zero-order valence-corrected chi connectivity index (χ0v) is 13.9. The van der Waals surface area contributed by atoms with Gasteiger partial charge in [-0.05, 0) is 31.1 Å². The van der Waals surface area contributed by atoms with Gasteiger partial charge in [0.2, 0.25) is 0 Å². The van der Waals surface area contributed by atoms with Crippen LogP contribution in [-0.4, -0.2) is 0 Å². The van der Waals surface area contributed by atoms with E-state index < -0.39 is 0 Å². The minimum Gasteiger partial charge on any atom is -0.0885 e. The minimum atomic E-state index is 0.335. The maximum atomic E-state index is 2.37. The Morgan fingerprint density at radius 3 is 1.79 bits per heavy atom. The molecule has 0 radical (unpaired) electrons. The van der Waals surface area contributed by atoms with Gasteiger partial charge < -0.3 is 0 Å². The second-order valence-electron chi connectivity index (χ2n) is 6.73. The lowest BCUT2D eigenvalue weighted by molar-refractivity contribution is 0.542. The molecule has 0 aromatic carbocycles. The molecule has 0 saturated carbocycles. The Morgan fingerprint density at radius 2 is 1.16 bits per heavy atom. The van der Waals surface area contributed by atoms with Gasteiger partial charge in [0.1, 0.15) is 0 Å². The maximum absolute atomic E-state index is 2.37. The van der Waals surface area contributed by atoms with Gasteiger partial charge in [0.15, 0.2) is 0 Å². The second kappa shape index (κ2) is 12.5. The van der Waals surface area contributed by atoms with E-state index >= 15 is 0 Å². The Balaban J connectivity index is 3.24. The summed E-state index contributed by atoms with van der Waals surface area (Å²) in [4.78, 5) is 0. The van der Waals surface area contributed by atoms with Gasteiger partial charge in [-0.2, -0.15) is 0 Å². The molecule has 0 N–H and O–H groups in total. The van der Waals surface area contributed by atoms with Gasteiger partial charge in [-0.25, -0.2) is 0 Å². The van der Waals surface area contributed by atoms with Crippen LogP contribution in [0.25, 0.3) is 0 Å². The number of hydrogen-bond donors (Lipinski definition) is 0. The SMILES string of the molecule is CCCCCCCCC/C=C\CC/C=C/C(C)(C)C. The Hall–Kier alpha value is -0.520. The molecule has 0 aliphatic rings. The van der Waals surface area contributed by atoms with Gasteiger partial charge in [-0.15, -0.1) is 0 Å². The molecule has 0 amide bonds. The summed E-state index contributed by atoms with van der Waals surface area (Å²) in [6.07, 6.45) is 22.9. The number of rotatable bonds is 11. The average molecular weight is 264 g/mol. The second-order valence-corrected chi connectivity index (χ2v) is 6.73. The average Bonchev–Trinajstić information content (AvgIpc) is 2.34. The van der Waals surface area contributed by atoms with Crippen LogP contribution in [0.15, 0.2) is 24.3 Å². The lowest BCUT2D eigenvalue weighted by atomic mass is 9.96. The summed E-state index contributed by atoms with van der Waals surface area (Å²) >= 11 is 0. The monoisotopic (exact) mass is 264 g/mol. The molecule has 0 spiro atoms. The first-order valence-electron chi connectivity index (χ1n) is 8.39. The fraction of sp³-hybridized carbons (Fsp3) is 0.789. The van der Waals surface area contributed by atoms with Gasteiger partial charge in [0, 0.05) is 0 Å². The number of unbranched alkanes of at least 4 members (excludes halogenated alkanes) is 8. The maximum Gasteiger partial charge on any atom is -0.0203 e. The zero-order chi connectivity index (χ0) is 14.4. The Bertz CT molecular complexity index is 227. The largest absolute Gasteiger partial charge is 0.0885 e. The van der Waals surface area contributed by atoms with E-state index in [1.54, 1.807) is 0 Å². The van der Waals surface area contributed by atoms with Crippen LogP contribution >= 0.6 is 0 Å². The number of allylic oxidation sites excluding steroid dienone is 4. The normalized spacial score (nSPS) is 12.8. The summed E-state index contributed by atoms with van der Waals surface area (Å²) < 4.78 is 0. The highest BCUT2D eigenvalue weighted by Crippen LogP contribution is 2.15. The van der Waals surface area contributed by atoms with Crippen LogP contribution in [0.4, 0.5) is 0 Å². The third kappa shape index (κ3) is 17.5. The molecule has 112 valence electrons. The summed E-state index contributed by atoms with van der Waals surface area (Å²) in [6, 6.07) is 0. The molecule has 0 aliphatic heterocycles. The lowest BCUT2D eigenvalue weighted by Crippen LogP contribution is -1.97. The van der Waals surface area contributed by atoms with Crippen LogP contribution in [0.2, 0.25) is 0 Å². The van der Waals surface area contributed by atoms with E-state index in [2.05, 4.69) is 52.0 Å². The van der Waals surface area contributed by atoms with E-state index in [9.17, 15) is 0 Å². The summed E-state index contributed by atoms with van der Waals surface area (Å²) in [7, 11) is 0. The summed E-state index contributed by atoms with van der Waals surface area (Å²) in [6.45, 7) is 9.03. The molecule has 0 aromatic rings. The molecular weight excluding hydrogens is 228 g/mol. The summed E-state index contributed by atoms with van der Waals surface area (Å²) in [5.41, 5.74) is 0.335. The van der Waals surface area contributed by atoms with Crippen LogP contribution < -0.4 is 0 Å². The lowest BCUT2D eigenvalue weighted by Gasteiger charge is -2.10. The first-order valence-corrected chi connectivity index (χ1v) is 8.39. The van der Waals surface area contributed by atoms with Crippen LogP contribution in [0.5, 0.6) is 0 Å². The summed E-state index contributed by atoms with van der Waals surface area (Å²) in [5.74, 6) is 0. The molecule has 0 fully saturated rings. The van der Waals surface area contributed by atoms with Crippen LogP contribution in [0, 0.1) is 5.41 Å². The van der Waals surface area contributed by atoms with Gasteiger partial charge in [0.05, 0.1) is 0 Å². The van der Waals surface area contributed by atoms with Crippen molar-refractivity contribution in [2.24, 2.45) is 5.41 Å². The molecule has 0 aliphatic carbocycles. The molecule has 19 heavy (non-hydrogen) atoms. The van der Waals surface area contributed by atoms with E-state index in [0.717, 1.165) is 0 Å². The predicted molar refractivity (Wildman–Crippen MR) is 89.6 cm³/mol. The van der Waals surface area contributed by atoms with Crippen molar-refractivity contribution in [2.75, 3.05) is 0 Å². The van der Waals surface area contributed by atoms with Crippen molar-refractivity contribution < 1.29 is 0 Å². The molecular formula is C19H36. The smallest absolute Gasteiger partial charge is 0.0203 e. The van der Waals surface area contributed by atoms with Gasteiger partial charge in [-0.3, -0.25) is 0 Å². The Morgan fingerprint density at radius 1 is 0.632 bits per heavy atom. The fourth-order valence-electron chi connectivity index (χ4n) is 2.08. The zero-order valence-electron chi connectivity index (χ0n) is 13.9. The predicted octanol–water partition coefficient (Wildman–Crippen LogP) is 7.07. The van der Waals surface area contributed by atoms with Crippen molar-refractivity contribution in [3.05, 3.63) is 24.3 Å². The first kappa shape index (κ1) is 18.5. The molecule has 0 unspecified atom stereocenters. The Labute approximate surface area is 122 Å². The van der Waals surface area contributed by atoms with E-state index in [-0.39, 0.29) is 0 Å². The fourth-order valence-corrected chi connectivity index (χ4v) is 2.08. The molecule has 0 rings (SSSR count). The van der Waals surface area contributed by atoms with E-state index in [1.807, 2.05) is 0 Å². The van der Waals surface area contributed by atoms with Gasteiger partial charge in [-0.1, -0.05) is 90.5 Å². The Kier molecular flexibility index (Phi) is 12.2. The van der Waals surface area contributed by atoms with Crippen LogP contribution in [0.3, 0.4) is 0 Å². The first-order chi connectivity index (χ1) is 9.06. The third-order valence-electron chi connectivity index (χ3n) is 3.26.